The number of nitrogens with zero attached hydrogens (tertiary/aromatic N) is 2. The highest BCUT2D eigenvalue weighted by atomic mass is 79.9. The molecule has 0 saturated carbocycles. The fourth-order valence-corrected chi connectivity index (χ4v) is 1.75. The number of benzene rings is 1. The molecule has 0 spiro atoms. The van der Waals surface area contributed by atoms with E-state index in [4.69, 9.17) is 9.47 Å². The number of non-ortho nitro benzene ring substituents is 1. The Morgan fingerprint density at radius 1 is 1.26 bits per heavy atom. The number of rotatable bonds is 4. The van der Waals surface area contributed by atoms with Crippen LogP contribution >= 0.6 is 15.9 Å². The molecule has 0 saturated heterocycles. The van der Waals surface area contributed by atoms with Gasteiger partial charge < -0.3 is 9.47 Å². The molecule has 2 rings (SSSR count). The molecule has 19 heavy (non-hydrogen) atoms. The van der Waals surface area contributed by atoms with Gasteiger partial charge in [-0.1, -0.05) is 6.07 Å². The summed E-state index contributed by atoms with van der Waals surface area (Å²) in [4.78, 5) is 14.3. The molecule has 0 aliphatic carbocycles. The summed E-state index contributed by atoms with van der Waals surface area (Å²) in [5.74, 6) is 0.947. The average Bonchev–Trinajstić information content (AvgIpc) is 2.38. The zero-order valence-corrected chi connectivity index (χ0v) is 11.5. The minimum atomic E-state index is -0.499. The van der Waals surface area contributed by atoms with Gasteiger partial charge in [-0.05, 0) is 28.1 Å². The summed E-state index contributed by atoms with van der Waals surface area (Å²) in [6, 6.07) is 9.25. The summed E-state index contributed by atoms with van der Waals surface area (Å²) >= 11 is 3.22. The maximum atomic E-state index is 10.7. The van der Waals surface area contributed by atoms with Crippen molar-refractivity contribution in [2.75, 3.05) is 7.11 Å². The van der Waals surface area contributed by atoms with E-state index in [0.717, 1.165) is 0 Å². The Hall–Kier alpha value is -2.15. The van der Waals surface area contributed by atoms with Gasteiger partial charge in [-0.15, -0.1) is 0 Å². The number of hydrogen-bond acceptors (Lipinski definition) is 5. The zero-order valence-electron chi connectivity index (χ0n) is 9.87. The van der Waals surface area contributed by atoms with E-state index in [1.165, 1.54) is 25.3 Å². The van der Waals surface area contributed by atoms with Crippen LogP contribution in [0.25, 0.3) is 0 Å². The predicted octanol–water partition coefficient (Wildman–Crippen LogP) is 3.55. The second-order valence-corrected chi connectivity index (χ2v) is 4.31. The van der Waals surface area contributed by atoms with Crippen molar-refractivity contribution in [3.63, 3.8) is 0 Å². The van der Waals surface area contributed by atoms with Crippen molar-refractivity contribution < 1.29 is 14.4 Å². The van der Waals surface area contributed by atoms with E-state index in [-0.39, 0.29) is 11.4 Å². The van der Waals surface area contributed by atoms with Crippen LogP contribution in [0, 0.1) is 10.1 Å². The zero-order chi connectivity index (χ0) is 13.8. The van der Waals surface area contributed by atoms with Crippen LogP contribution in [0.5, 0.6) is 17.4 Å². The first-order chi connectivity index (χ1) is 9.10. The van der Waals surface area contributed by atoms with Crippen LogP contribution in [0.2, 0.25) is 0 Å². The fourth-order valence-electron chi connectivity index (χ4n) is 1.42. The van der Waals surface area contributed by atoms with E-state index >= 15 is 0 Å². The van der Waals surface area contributed by atoms with Gasteiger partial charge in [-0.25, -0.2) is 4.98 Å². The normalized spacial score (nSPS) is 10.0. The molecule has 0 N–H and O–H groups in total. The molecule has 2 aromatic rings. The van der Waals surface area contributed by atoms with Gasteiger partial charge in [0.25, 0.3) is 5.69 Å². The molecular weight excluding hydrogens is 316 g/mol. The molecule has 0 amide bonds. The van der Waals surface area contributed by atoms with Gasteiger partial charge in [-0.3, -0.25) is 10.1 Å². The quantitative estimate of drug-likeness (QED) is 0.488. The second kappa shape index (κ2) is 5.66. The van der Waals surface area contributed by atoms with Gasteiger partial charge in [0.15, 0.2) is 11.5 Å². The summed E-state index contributed by atoms with van der Waals surface area (Å²) in [5, 5.41) is 10.7. The lowest BCUT2D eigenvalue weighted by Gasteiger charge is -2.09. The Balaban J connectivity index is 2.37. The molecular formula is C12H9BrN2O4. The molecule has 0 atom stereocenters. The third-order valence-corrected chi connectivity index (χ3v) is 2.70. The SMILES string of the molecule is COc1ccc([N+](=O)[O-])cc1Oc1cccc(Br)n1. The van der Waals surface area contributed by atoms with Crippen LogP contribution in [0.15, 0.2) is 41.0 Å². The van der Waals surface area contributed by atoms with Crippen molar-refractivity contribution in [1.82, 2.24) is 4.98 Å². The molecule has 0 radical (unpaired) electrons. The van der Waals surface area contributed by atoms with E-state index in [0.29, 0.717) is 16.2 Å². The van der Waals surface area contributed by atoms with Crippen molar-refractivity contribution in [2.24, 2.45) is 0 Å². The standard InChI is InChI=1S/C12H9BrN2O4/c1-18-9-6-5-8(15(16)17)7-10(9)19-12-4-2-3-11(13)14-12/h2-7H,1H3. The number of pyridine rings is 1. The van der Waals surface area contributed by atoms with E-state index in [1.54, 1.807) is 18.2 Å². The number of ether oxygens (including phenoxy) is 2. The Kier molecular flexibility index (Phi) is 3.96. The molecule has 1 aromatic heterocycles. The van der Waals surface area contributed by atoms with Crippen molar-refractivity contribution in [3.05, 3.63) is 51.1 Å². The number of nitro groups is 1. The number of methoxy groups -OCH3 is 1. The Bertz CT molecular complexity index is 618. The van der Waals surface area contributed by atoms with Crippen LogP contribution in [-0.4, -0.2) is 17.0 Å². The summed E-state index contributed by atoms with van der Waals surface area (Å²) in [5.41, 5.74) is -0.0780. The third-order valence-electron chi connectivity index (χ3n) is 2.26. The van der Waals surface area contributed by atoms with E-state index < -0.39 is 4.92 Å². The Morgan fingerprint density at radius 2 is 2.05 bits per heavy atom. The second-order valence-electron chi connectivity index (χ2n) is 3.49. The summed E-state index contributed by atoms with van der Waals surface area (Å²) in [6.45, 7) is 0. The summed E-state index contributed by atoms with van der Waals surface area (Å²) in [7, 11) is 1.46. The molecule has 6 nitrogen and oxygen atoms in total. The smallest absolute Gasteiger partial charge is 0.273 e. The molecule has 0 fully saturated rings. The van der Waals surface area contributed by atoms with Gasteiger partial charge in [0.1, 0.15) is 4.60 Å². The molecule has 0 aliphatic rings. The van der Waals surface area contributed by atoms with Crippen LogP contribution < -0.4 is 9.47 Å². The molecule has 0 bridgehead atoms. The maximum absolute atomic E-state index is 10.7. The van der Waals surface area contributed by atoms with Gasteiger partial charge in [-0.2, -0.15) is 0 Å². The van der Waals surface area contributed by atoms with E-state index in [9.17, 15) is 10.1 Å². The molecule has 98 valence electrons. The highest BCUT2D eigenvalue weighted by Crippen LogP contribution is 2.34. The van der Waals surface area contributed by atoms with Gasteiger partial charge in [0.2, 0.25) is 5.88 Å². The topological polar surface area (TPSA) is 74.5 Å². The summed E-state index contributed by atoms with van der Waals surface area (Å²) in [6.07, 6.45) is 0. The Morgan fingerprint density at radius 3 is 2.68 bits per heavy atom. The number of halogens is 1. The fraction of sp³-hybridized carbons (Fsp3) is 0.0833. The van der Waals surface area contributed by atoms with Crippen molar-refractivity contribution in [1.29, 1.82) is 0 Å². The average molecular weight is 325 g/mol. The van der Waals surface area contributed by atoms with Crippen LogP contribution in [0.3, 0.4) is 0 Å². The van der Waals surface area contributed by atoms with Crippen LogP contribution in [0.4, 0.5) is 5.69 Å². The van der Waals surface area contributed by atoms with Crippen LogP contribution in [0.1, 0.15) is 0 Å². The van der Waals surface area contributed by atoms with Crippen molar-refractivity contribution in [2.45, 2.75) is 0 Å². The summed E-state index contributed by atoms with van der Waals surface area (Å²) < 4.78 is 11.2. The lowest BCUT2D eigenvalue weighted by atomic mass is 10.3. The molecule has 0 aliphatic heterocycles. The highest BCUT2D eigenvalue weighted by molar-refractivity contribution is 9.10. The minimum Gasteiger partial charge on any atom is -0.493 e. The van der Waals surface area contributed by atoms with Crippen molar-refractivity contribution >= 4 is 21.6 Å². The Labute approximate surface area is 117 Å². The van der Waals surface area contributed by atoms with Gasteiger partial charge in [0.05, 0.1) is 18.1 Å². The largest absolute Gasteiger partial charge is 0.493 e. The minimum absolute atomic E-state index is 0.0780. The van der Waals surface area contributed by atoms with Gasteiger partial charge >= 0.3 is 0 Å². The first kappa shape index (κ1) is 13.3. The lowest BCUT2D eigenvalue weighted by Crippen LogP contribution is -1.94. The van der Waals surface area contributed by atoms with Crippen LogP contribution in [-0.2, 0) is 0 Å². The monoisotopic (exact) mass is 324 g/mol. The highest BCUT2D eigenvalue weighted by Gasteiger charge is 2.13. The third kappa shape index (κ3) is 3.19. The molecule has 7 heteroatoms. The first-order valence-electron chi connectivity index (χ1n) is 5.23. The van der Waals surface area contributed by atoms with E-state index in [1.807, 2.05) is 0 Å². The first-order valence-corrected chi connectivity index (χ1v) is 6.02. The predicted molar refractivity (Wildman–Crippen MR) is 71.7 cm³/mol. The van der Waals surface area contributed by atoms with Crippen molar-refractivity contribution in [3.8, 4) is 17.4 Å². The molecule has 0 unspecified atom stereocenters. The molecule has 1 heterocycles. The van der Waals surface area contributed by atoms with E-state index in [2.05, 4.69) is 20.9 Å². The maximum Gasteiger partial charge on any atom is 0.273 e. The number of aromatic nitrogens is 1. The van der Waals surface area contributed by atoms with Gasteiger partial charge in [0, 0.05) is 12.1 Å². The molecule has 1 aromatic carbocycles. The lowest BCUT2D eigenvalue weighted by molar-refractivity contribution is -0.384. The number of hydrogen-bond donors (Lipinski definition) is 0. The number of nitro benzene ring substituents is 1.